The minimum Gasteiger partial charge on any atom is -0.379 e. The van der Waals surface area contributed by atoms with Crippen LogP contribution in [0.5, 0.6) is 0 Å². The van der Waals surface area contributed by atoms with Crippen molar-refractivity contribution in [2.45, 2.75) is 6.04 Å². The molecule has 0 saturated carbocycles. The summed E-state index contributed by atoms with van der Waals surface area (Å²) in [7, 11) is 0. The number of hydrogen-bond donors (Lipinski definition) is 1. The van der Waals surface area contributed by atoms with Gasteiger partial charge in [0.25, 0.3) is 5.91 Å². The van der Waals surface area contributed by atoms with Crippen molar-refractivity contribution >= 4 is 28.8 Å². The Morgan fingerprint density at radius 3 is 2.65 bits per heavy atom. The van der Waals surface area contributed by atoms with E-state index in [4.69, 9.17) is 16.3 Å². The molecule has 0 spiro atoms. The van der Waals surface area contributed by atoms with Gasteiger partial charge in [0.05, 0.1) is 19.3 Å². The highest BCUT2D eigenvalue weighted by Crippen LogP contribution is 2.25. The van der Waals surface area contributed by atoms with Gasteiger partial charge in [-0.15, -0.1) is 11.3 Å². The van der Waals surface area contributed by atoms with Gasteiger partial charge in [0.15, 0.2) is 0 Å². The number of morpholine rings is 1. The highest BCUT2D eigenvalue weighted by molar-refractivity contribution is 7.10. The lowest BCUT2D eigenvalue weighted by atomic mass is 10.1. The zero-order valence-electron chi connectivity index (χ0n) is 12.7. The van der Waals surface area contributed by atoms with Crippen LogP contribution in [0, 0.1) is 0 Å². The van der Waals surface area contributed by atoms with Crippen LogP contribution in [0.4, 0.5) is 0 Å². The van der Waals surface area contributed by atoms with Crippen LogP contribution in [-0.4, -0.2) is 43.7 Å². The lowest BCUT2D eigenvalue weighted by Crippen LogP contribution is -2.43. The van der Waals surface area contributed by atoms with E-state index >= 15 is 0 Å². The van der Waals surface area contributed by atoms with Gasteiger partial charge in [0.2, 0.25) is 0 Å². The van der Waals surface area contributed by atoms with E-state index in [1.165, 1.54) is 4.88 Å². The van der Waals surface area contributed by atoms with E-state index in [1.807, 2.05) is 0 Å². The molecule has 0 bridgehead atoms. The number of nitrogens with one attached hydrogen (secondary N) is 1. The molecule has 23 heavy (non-hydrogen) atoms. The van der Waals surface area contributed by atoms with Gasteiger partial charge < -0.3 is 10.1 Å². The van der Waals surface area contributed by atoms with Crippen LogP contribution in [0.2, 0.25) is 5.02 Å². The minimum atomic E-state index is -0.0727. The van der Waals surface area contributed by atoms with Crippen LogP contribution < -0.4 is 5.32 Å². The molecule has 0 unspecified atom stereocenters. The number of halogens is 1. The Bertz CT molecular complexity index is 625. The summed E-state index contributed by atoms with van der Waals surface area (Å²) >= 11 is 7.59. The second kappa shape index (κ2) is 7.93. The van der Waals surface area contributed by atoms with Crippen molar-refractivity contribution < 1.29 is 9.53 Å². The van der Waals surface area contributed by atoms with Gasteiger partial charge >= 0.3 is 0 Å². The van der Waals surface area contributed by atoms with Crippen molar-refractivity contribution in [2.75, 3.05) is 32.8 Å². The topological polar surface area (TPSA) is 41.6 Å². The van der Waals surface area contributed by atoms with Crippen LogP contribution in [0.1, 0.15) is 21.3 Å². The number of carbonyl (C=O) groups excluding carboxylic acids is 1. The SMILES string of the molecule is O=C(NC[C@H](c1cccs1)N1CCOCC1)c1ccc(Cl)cc1. The molecule has 1 atom stereocenters. The van der Waals surface area contributed by atoms with Crippen LogP contribution >= 0.6 is 22.9 Å². The predicted molar refractivity (Wildman–Crippen MR) is 93.2 cm³/mol. The Morgan fingerprint density at radius 1 is 1.26 bits per heavy atom. The molecule has 1 aromatic carbocycles. The maximum atomic E-state index is 12.3. The van der Waals surface area contributed by atoms with Gasteiger partial charge in [-0.3, -0.25) is 9.69 Å². The zero-order valence-corrected chi connectivity index (χ0v) is 14.3. The summed E-state index contributed by atoms with van der Waals surface area (Å²) in [4.78, 5) is 16.0. The lowest BCUT2D eigenvalue weighted by Gasteiger charge is -2.34. The summed E-state index contributed by atoms with van der Waals surface area (Å²) in [6, 6.07) is 11.3. The molecule has 1 amide bonds. The fourth-order valence-electron chi connectivity index (χ4n) is 2.67. The molecule has 2 aromatic rings. The molecule has 1 saturated heterocycles. The highest BCUT2D eigenvalue weighted by Gasteiger charge is 2.24. The van der Waals surface area contributed by atoms with Gasteiger partial charge in [0, 0.05) is 35.1 Å². The average Bonchev–Trinajstić information content (AvgIpc) is 3.11. The van der Waals surface area contributed by atoms with Crippen LogP contribution in [0.15, 0.2) is 41.8 Å². The van der Waals surface area contributed by atoms with Crippen molar-refractivity contribution in [3.8, 4) is 0 Å². The molecular formula is C17H19ClN2O2S. The van der Waals surface area contributed by atoms with Crippen LogP contribution in [0.25, 0.3) is 0 Å². The average molecular weight is 351 g/mol. The highest BCUT2D eigenvalue weighted by atomic mass is 35.5. The molecule has 1 aliphatic heterocycles. The molecule has 6 heteroatoms. The van der Waals surface area contributed by atoms with E-state index in [0.29, 0.717) is 17.1 Å². The largest absolute Gasteiger partial charge is 0.379 e. The summed E-state index contributed by atoms with van der Waals surface area (Å²) in [5.74, 6) is -0.0727. The Morgan fingerprint density at radius 2 is 2.00 bits per heavy atom. The second-order valence-corrected chi connectivity index (χ2v) is 6.81. The molecule has 2 heterocycles. The quantitative estimate of drug-likeness (QED) is 0.900. The van der Waals surface area contributed by atoms with E-state index < -0.39 is 0 Å². The fraction of sp³-hybridized carbons (Fsp3) is 0.353. The van der Waals surface area contributed by atoms with Crippen molar-refractivity contribution in [3.63, 3.8) is 0 Å². The standard InChI is InChI=1S/C17H19ClN2O2S/c18-14-5-3-13(4-6-14)17(21)19-12-15(16-2-1-11-23-16)20-7-9-22-10-8-20/h1-6,11,15H,7-10,12H2,(H,19,21)/t15-/m1/s1. The Balaban J connectivity index is 1.66. The first kappa shape index (κ1) is 16.5. The van der Waals surface area contributed by atoms with Crippen molar-refractivity contribution in [2.24, 2.45) is 0 Å². The first-order valence-corrected chi connectivity index (χ1v) is 8.89. The summed E-state index contributed by atoms with van der Waals surface area (Å²) in [5.41, 5.74) is 0.626. The van der Waals surface area contributed by atoms with Gasteiger partial charge in [-0.1, -0.05) is 17.7 Å². The smallest absolute Gasteiger partial charge is 0.251 e. The number of hydrogen-bond acceptors (Lipinski definition) is 4. The van der Waals surface area contributed by atoms with Gasteiger partial charge in [-0.25, -0.2) is 0 Å². The van der Waals surface area contributed by atoms with Gasteiger partial charge in [0.1, 0.15) is 0 Å². The van der Waals surface area contributed by atoms with Crippen molar-refractivity contribution in [1.82, 2.24) is 10.2 Å². The number of thiophene rings is 1. The Labute approximate surface area is 145 Å². The third-order valence-corrected chi connectivity index (χ3v) is 5.15. The van der Waals surface area contributed by atoms with Crippen molar-refractivity contribution in [3.05, 3.63) is 57.2 Å². The summed E-state index contributed by atoms with van der Waals surface area (Å²) in [6.07, 6.45) is 0. The minimum absolute atomic E-state index is 0.0727. The molecule has 1 N–H and O–H groups in total. The monoisotopic (exact) mass is 350 g/mol. The number of rotatable bonds is 5. The molecule has 1 aromatic heterocycles. The van der Waals surface area contributed by atoms with E-state index in [2.05, 4.69) is 27.7 Å². The number of carbonyl (C=O) groups is 1. The van der Waals surface area contributed by atoms with E-state index in [1.54, 1.807) is 35.6 Å². The third-order valence-electron chi connectivity index (χ3n) is 3.92. The molecule has 3 rings (SSSR count). The molecule has 122 valence electrons. The molecular weight excluding hydrogens is 332 g/mol. The van der Waals surface area contributed by atoms with Crippen LogP contribution in [0.3, 0.4) is 0 Å². The van der Waals surface area contributed by atoms with Crippen LogP contribution in [-0.2, 0) is 4.74 Å². The molecule has 0 aliphatic carbocycles. The Hall–Kier alpha value is -1.40. The number of amides is 1. The van der Waals surface area contributed by atoms with Crippen molar-refractivity contribution in [1.29, 1.82) is 0 Å². The third kappa shape index (κ3) is 4.32. The van der Waals surface area contributed by atoms with Gasteiger partial charge in [-0.2, -0.15) is 0 Å². The molecule has 0 radical (unpaired) electrons. The predicted octanol–water partition coefficient (Wildman–Crippen LogP) is 3.20. The molecule has 1 fully saturated rings. The lowest BCUT2D eigenvalue weighted by molar-refractivity contribution is 0.0169. The van der Waals surface area contributed by atoms with Gasteiger partial charge in [-0.05, 0) is 35.7 Å². The number of ether oxygens (including phenoxy) is 1. The Kier molecular flexibility index (Phi) is 5.67. The van der Waals surface area contributed by atoms with E-state index in [0.717, 1.165) is 26.3 Å². The summed E-state index contributed by atoms with van der Waals surface area (Å²) in [5, 5.41) is 5.75. The molecule has 4 nitrogen and oxygen atoms in total. The van der Waals surface area contributed by atoms with E-state index in [9.17, 15) is 4.79 Å². The summed E-state index contributed by atoms with van der Waals surface area (Å²) < 4.78 is 5.44. The number of benzene rings is 1. The molecule has 1 aliphatic rings. The zero-order chi connectivity index (χ0) is 16.1. The fourth-order valence-corrected chi connectivity index (χ4v) is 3.66. The summed E-state index contributed by atoms with van der Waals surface area (Å²) in [6.45, 7) is 3.85. The van der Waals surface area contributed by atoms with E-state index in [-0.39, 0.29) is 11.9 Å². The first-order valence-electron chi connectivity index (χ1n) is 7.63. The normalized spacial score (nSPS) is 16.9. The number of nitrogens with zero attached hydrogens (tertiary/aromatic N) is 1. The maximum Gasteiger partial charge on any atom is 0.251 e. The maximum absolute atomic E-state index is 12.3. The second-order valence-electron chi connectivity index (χ2n) is 5.40. The first-order chi connectivity index (χ1) is 11.2.